The van der Waals surface area contributed by atoms with Crippen molar-refractivity contribution in [3.8, 4) is 5.75 Å². The highest BCUT2D eigenvalue weighted by Crippen LogP contribution is 2.44. The van der Waals surface area contributed by atoms with Crippen molar-refractivity contribution in [1.29, 1.82) is 0 Å². The van der Waals surface area contributed by atoms with Gasteiger partial charge in [0, 0.05) is 24.4 Å². The van der Waals surface area contributed by atoms with Crippen LogP contribution in [0.25, 0.3) is 0 Å². The molecule has 0 radical (unpaired) electrons. The van der Waals surface area contributed by atoms with Crippen molar-refractivity contribution in [2.75, 3.05) is 17.2 Å². The summed E-state index contributed by atoms with van der Waals surface area (Å²) in [6.45, 7) is 3.41. The number of pyridine rings is 1. The maximum Gasteiger partial charge on any atom is 0.422 e. The van der Waals surface area contributed by atoms with E-state index in [2.05, 4.69) is 15.6 Å². The minimum Gasteiger partial charge on any atom is -0.484 e. The van der Waals surface area contributed by atoms with E-state index in [4.69, 9.17) is 9.47 Å². The summed E-state index contributed by atoms with van der Waals surface area (Å²) < 4.78 is 47.8. The van der Waals surface area contributed by atoms with E-state index in [-0.39, 0.29) is 5.75 Å². The highest BCUT2D eigenvalue weighted by atomic mass is 32.2. The van der Waals surface area contributed by atoms with Gasteiger partial charge in [-0.1, -0.05) is 12.1 Å². The first-order valence-corrected chi connectivity index (χ1v) is 10.2. The molecule has 1 aromatic heterocycles. The number of thioether (sulfide) groups is 1. The summed E-state index contributed by atoms with van der Waals surface area (Å²) in [7, 11) is 0. The van der Waals surface area contributed by atoms with E-state index in [0.29, 0.717) is 17.0 Å². The molecule has 0 saturated heterocycles. The Labute approximate surface area is 176 Å². The number of nitrogens with one attached hydrogen (secondary N) is 2. The second-order valence-electron chi connectivity index (χ2n) is 6.86. The number of esters is 1. The van der Waals surface area contributed by atoms with E-state index < -0.39 is 29.9 Å². The number of carbonyl (C=O) groups is 1. The number of para-hydroxylation sites is 2. The Morgan fingerprint density at radius 3 is 2.43 bits per heavy atom. The average molecular weight is 441 g/mol. The fraction of sp³-hybridized carbons (Fsp3) is 0.400. The van der Waals surface area contributed by atoms with Crippen LogP contribution in [0, 0.1) is 6.92 Å². The minimum atomic E-state index is -4.42. The van der Waals surface area contributed by atoms with Crippen LogP contribution in [0.5, 0.6) is 5.75 Å². The van der Waals surface area contributed by atoms with Crippen molar-refractivity contribution in [1.82, 2.24) is 4.98 Å². The number of halogens is 3. The summed E-state index contributed by atoms with van der Waals surface area (Å²) in [6, 6.07) is 8.99. The number of carbonyl (C=O) groups excluding carboxylic acids is 1. The van der Waals surface area contributed by atoms with Crippen LogP contribution in [-0.2, 0) is 15.3 Å². The van der Waals surface area contributed by atoms with E-state index in [1.807, 2.05) is 24.3 Å². The smallest absolute Gasteiger partial charge is 0.422 e. The second kappa shape index (κ2) is 8.63. The molecule has 0 amide bonds. The second-order valence-corrected chi connectivity index (χ2v) is 8.08. The van der Waals surface area contributed by atoms with Crippen LogP contribution in [0.2, 0.25) is 0 Å². The summed E-state index contributed by atoms with van der Waals surface area (Å²) in [5.41, 5.74) is 2.82. The zero-order chi connectivity index (χ0) is 21.9. The molecule has 3 rings (SSSR count). The fourth-order valence-electron chi connectivity index (χ4n) is 3.06. The Morgan fingerprint density at radius 1 is 1.23 bits per heavy atom. The number of benzene rings is 1. The van der Waals surface area contributed by atoms with Crippen molar-refractivity contribution in [3.05, 3.63) is 47.8 Å². The minimum absolute atomic E-state index is 0.135. The molecule has 1 aliphatic heterocycles. The Morgan fingerprint density at radius 2 is 1.87 bits per heavy atom. The zero-order valence-electron chi connectivity index (χ0n) is 16.7. The van der Waals surface area contributed by atoms with Crippen molar-refractivity contribution in [2.45, 2.75) is 43.8 Å². The first-order chi connectivity index (χ1) is 14.1. The van der Waals surface area contributed by atoms with Gasteiger partial charge in [0.1, 0.15) is 5.75 Å². The Kier molecular flexibility index (Phi) is 6.35. The molecule has 10 heteroatoms. The molecular weight excluding hydrogens is 419 g/mol. The van der Waals surface area contributed by atoms with Gasteiger partial charge in [0.2, 0.25) is 0 Å². The predicted molar refractivity (Wildman–Crippen MR) is 109 cm³/mol. The van der Waals surface area contributed by atoms with Gasteiger partial charge in [-0.05, 0) is 32.0 Å². The van der Waals surface area contributed by atoms with Crippen molar-refractivity contribution < 1.29 is 27.4 Å². The number of nitrogens with zero attached hydrogens (tertiary/aromatic N) is 1. The highest BCUT2D eigenvalue weighted by Gasteiger charge is 2.44. The van der Waals surface area contributed by atoms with Crippen molar-refractivity contribution >= 4 is 29.1 Å². The van der Waals surface area contributed by atoms with Gasteiger partial charge < -0.3 is 20.1 Å². The first-order valence-electron chi connectivity index (χ1n) is 9.20. The van der Waals surface area contributed by atoms with Crippen LogP contribution in [0.15, 0.2) is 36.5 Å². The summed E-state index contributed by atoms with van der Waals surface area (Å²) >= 11 is 1.40. The van der Waals surface area contributed by atoms with Gasteiger partial charge >= 0.3 is 12.1 Å². The van der Waals surface area contributed by atoms with Gasteiger partial charge in [0.15, 0.2) is 17.7 Å². The van der Waals surface area contributed by atoms with Crippen molar-refractivity contribution in [3.63, 3.8) is 0 Å². The van der Waals surface area contributed by atoms with Gasteiger partial charge in [-0.3, -0.25) is 9.78 Å². The topological polar surface area (TPSA) is 72.5 Å². The fourth-order valence-corrected chi connectivity index (χ4v) is 4.36. The molecule has 1 atom stereocenters. The number of hydrogen-bond acceptors (Lipinski definition) is 7. The maximum absolute atomic E-state index is 12.5. The van der Waals surface area contributed by atoms with Gasteiger partial charge in [-0.15, -0.1) is 11.8 Å². The van der Waals surface area contributed by atoms with Crippen LogP contribution in [0.1, 0.15) is 25.1 Å². The molecule has 1 aliphatic rings. The largest absolute Gasteiger partial charge is 0.484 e. The molecule has 2 aromatic rings. The molecule has 2 N–H and O–H groups in total. The summed E-state index contributed by atoms with van der Waals surface area (Å²) in [4.78, 5) is 15.0. The number of rotatable bonds is 7. The van der Waals surface area contributed by atoms with Crippen LogP contribution in [-0.4, -0.2) is 34.8 Å². The number of fused-ring (bicyclic) bond motifs is 1. The lowest BCUT2D eigenvalue weighted by molar-refractivity contribution is -0.153. The van der Waals surface area contributed by atoms with Crippen LogP contribution in [0.3, 0.4) is 0 Å². The Balaban J connectivity index is 1.79. The quantitative estimate of drug-likeness (QED) is 0.603. The molecule has 0 spiro atoms. The van der Waals surface area contributed by atoms with E-state index >= 15 is 0 Å². The third kappa shape index (κ3) is 5.10. The Hall–Kier alpha value is -2.62. The molecule has 6 nitrogen and oxygen atoms in total. The van der Waals surface area contributed by atoms with Crippen molar-refractivity contribution in [2.24, 2.45) is 0 Å². The summed E-state index contributed by atoms with van der Waals surface area (Å²) in [5.74, 6) is 0.0591. The molecule has 30 heavy (non-hydrogen) atoms. The number of ether oxygens (including phenoxy) is 2. The Bertz CT molecular complexity index is 899. The van der Waals surface area contributed by atoms with Crippen LogP contribution in [0.4, 0.5) is 24.5 Å². The normalized spacial score (nSPS) is 15.5. The third-order valence-electron chi connectivity index (χ3n) is 4.57. The number of alkyl halides is 3. The van der Waals surface area contributed by atoms with E-state index in [9.17, 15) is 18.0 Å². The molecule has 162 valence electrons. The number of hydrogen-bond donors (Lipinski definition) is 2. The molecule has 1 unspecified atom stereocenters. The van der Waals surface area contributed by atoms with E-state index in [1.165, 1.54) is 30.9 Å². The average Bonchev–Trinajstić information content (AvgIpc) is 3.05. The molecular formula is C20H22F3N3O3S. The molecule has 0 bridgehead atoms. The predicted octanol–water partition coefficient (Wildman–Crippen LogP) is 4.71. The summed E-state index contributed by atoms with van der Waals surface area (Å²) in [6.07, 6.45) is -3.56. The van der Waals surface area contributed by atoms with Gasteiger partial charge in [-0.2, -0.15) is 13.2 Å². The number of anilines is 2. The molecule has 2 heterocycles. The summed E-state index contributed by atoms with van der Waals surface area (Å²) in [5, 5.41) is 6.74. The molecule has 0 saturated carbocycles. The standard InChI is InChI=1S/C20H22F3N3O3S/c1-12-17(24-9-8-18(12)28-11-19(21,22)23)10-30-20(13(2)29-14(3)27)25-15-6-4-5-7-16(15)26-20/h4-9,13,25-26H,10-11H2,1-3H3. The monoisotopic (exact) mass is 441 g/mol. The zero-order valence-corrected chi connectivity index (χ0v) is 17.5. The SMILES string of the molecule is CC(=O)OC(C)C1(SCc2nccc(OCC(F)(F)F)c2C)Nc2ccccc2N1. The van der Waals surface area contributed by atoms with Crippen LogP contribution < -0.4 is 15.4 Å². The van der Waals surface area contributed by atoms with Gasteiger partial charge in [0.25, 0.3) is 0 Å². The molecule has 1 aromatic carbocycles. The lowest BCUT2D eigenvalue weighted by Gasteiger charge is -2.35. The molecule has 0 aliphatic carbocycles. The van der Waals surface area contributed by atoms with Gasteiger partial charge in [-0.25, -0.2) is 0 Å². The molecule has 0 fully saturated rings. The first kappa shape index (κ1) is 22.1. The van der Waals surface area contributed by atoms with E-state index in [1.54, 1.807) is 13.8 Å². The lowest BCUT2D eigenvalue weighted by Crippen LogP contribution is -2.50. The maximum atomic E-state index is 12.5. The highest BCUT2D eigenvalue weighted by molar-refractivity contribution is 8.00. The van der Waals surface area contributed by atoms with Crippen LogP contribution >= 0.6 is 11.8 Å². The lowest BCUT2D eigenvalue weighted by atomic mass is 10.2. The number of aromatic nitrogens is 1. The third-order valence-corrected chi connectivity index (χ3v) is 5.98. The van der Waals surface area contributed by atoms with Gasteiger partial charge in [0.05, 0.1) is 17.1 Å². The van der Waals surface area contributed by atoms with E-state index in [0.717, 1.165) is 11.4 Å².